The van der Waals surface area contributed by atoms with Gasteiger partial charge < -0.3 is 9.15 Å². The van der Waals surface area contributed by atoms with Crippen molar-refractivity contribution in [3.05, 3.63) is 35.2 Å². The zero-order valence-corrected chi connectivity index (χ0v) is 15.0. The second-order valence-corrected chi connectivity index (χ2v) is 7.15. The molecule has 130 valence electrons. The molecule has 1 aliphatic rings. The van der Waals surface area contributed by atoms with E-state index in [2.05, 4.69) is 28.9 Å². The van der Waals surface area contributed by atoms with E-state index >= 15 is 0 Å². The summed E-state index contributed by atoms with van der Waals surface area (Å²) in [5.41, 5.74) is 0.888. The molecule has 3 rings (SSSR count). The highest BCUT2D eigenvalue weighted by atomic mass is 35.5. The molecule has 0 unspecified atom stereocenters. The molecule has 1 aromatic carbocycles. The van der Waals surface area contributed by atoms with Crippen molar-refractivity contribution >= 4 is 11.6 Å². The number of halogens is 1. The Labute approximate surface area is 148 Å². The smallest absolute Gasteiger partial charge is 0.247 e. The number of nitrogens with zero attached hydrogens (tertiary/aromatic N) is 3. The Morgan fingerprint density at radius 1 is 1.21 bits per heavy atom. The number of ether oxygens (including phenoxy) is 1. The topological polar surface area (TPSA) is 51.4 Å². The van der Waals surface area contributed by atoms with Crippen LogP contribution in [-0.4, -0.2) is 40.9 Å². The fraction of sp³-hybridized carbons (Fsp3) is 0.556. The molecule has 0 atom stereocenters. The molecular formula is C18H24ClN3O2. The molecule has 1 saturated heterocycles. The molecule has 1 aromatic heterocycles. The lowest BCUT2D eigenvalue weighted by Gasteiger charge is -2.31. The van der Waals surface area contributed by atoms with E-state index in [4.69, 9.17) is 20.8 Å². The third kappa shape index (κ3) is 4.79. The quantitative estimate of drug-likeness (QED) is 0.788. The first-order chi connectivity index (χ1) is 11.6. The summed E-state index contributed by atoms with van der Waals surface area (Å²) in [6.45, 7) is 7.91. The predicted molar refractivity (Wildman–Crippen MR) is 93.8 cm³/mol. The van der Waals surface area contributed by atoms with Crippen molar-refractivity contribution in [2.45, 2.75) is 39.3 Å². The molecule has 0 aliphatic carbocycles. The zero-order chi connectivity index (χ0) is 16.9. The summed E-state index contributed by atoms with van der Waals surface area (Å²) in [6.07, 6.45) is 2.51. The number of piperidine rings is 1. The Balaban J connectivity index is 1.50. The van der Waals surface area contributed by atoms with Crippen molar-refractivity contribution in [3.8, 4) is 11.5 Å². The highest BCUT2D eigenvalue weighted by molar-refractivity contribution is 6.30. The van der Waals surface area contributed by atoms with Gasteiger partial charge in [-0.3, -0.25) is 4.90 Å². The summed E-state index contributed by atoms with van der Waals surface area (Å²) < 4.78 is 11.7. The van der Waals surface area contributed by atoms with E-state index in [-0.39, 0.29) is 0 Å². The second-order valence-electron chi connectivity index (χ2n) is 6.71. The van der Waals surface area contributed by atoms with Crippen molar-refractivity contribution < 1.29 is 9.15 Å². The Morgan fingerprint density at radius 3 is 2.58 bits per heavy atom. The van der Waals surface area contributed by atoms with E-state index in [1.165, 1.54) is 0 Å². The van der Waals surface area contributed by atoms with Gasteiger partial charge in [0.25, 0.3) is 0 Å². The fourth-order valence-corrected chi connectivity index (χ4v) is 2.91. The van der Waals surface area contributed by atoms with Crippen LogP contribution >= 0.6 is 11.6 Å². The van der Waals surface area contributed by atoms with E-state index in [0.717, 1.165) is 38.1 Å². The molecule has 0 saturated carbocycles. The molecule has 1 aliphatic heterocycles. The van der Waals surface area contributed by atoms with Gasteiger partial charge >= 0.3 is 0 Å². The molecule has 2 aromatic rings. The van der Waals surface area contributed by atoms with Crippen LogP contribution in [0.2, 0.25) is 5.02 Å². The van der Waals surface area contributed by atoms with Gasteiger partial charge in [-0.15, -0.1) is 10.2 Å². The summed E-state index contributed by atoms with van der Waals surface area (Å²) in [5.74, 6) is 1.78. The van der Waals surface area contributed by atoms with Crippen LogP contribution in [-0.2, 0) is 11.3 Å². The molecule has 0 radical (unpaired) electrons. The van der Waals surface area contributed by atoms with Crippen molar-refractivity contribution in [2.24, 2.45) is 5.92 Å². The largest absolute Gasteiger partial charge is 0.419 e. The van der Waals surface area contributed by atoms with Crippen LogP contribution in [0, 0.1) is 5.92 Å². The average molecular weight is 350 g/mol. The van der Waals surface area contributed by atoms with Crippen LogP contribution in [0.15, 0.2) is 28.7 Å². The van der Waals surface area contributed by atoms with Gasteiger partial charge in [-0.05, 0) is 43.0 Å². The summed E-state index contributed by atoms with van der Waals surface area (Å²) in [5, 5.41) is 8.99. The van der Waals surface area contributed by atoms with Crippen LogP contribution in [0.4, 0.5) is 0 Å². The molecule has 0 bridgehead atoms. The Hall–Kier alpha value is -1.43. The van der Waals surface area contributed by atoms with Gasteiger partial charge in [-0.1, -0.05) is 25.4 Å². The third-order valence-electron chi connectivity index (χ3n) is 4.12. The first-order valence-electron chi connectivity index (χ1n) is 8.52. The van der Waals surface area contributed by atoms with Crippen LogP contribution in [0.5, 0.6) is 0 Å². The molecule has 2 heterocycles. The maximum Gasteiger partial charge on any atom is 0.247 e. The molecule has 0 amide bonds. The number of hydrogen-bond donors (Lipinski definition) is 0. The van der Waals surface area contributed by atoms with Crippen molar-refractivity contribution in [1.82, 2.24) is 15.1 Å². The van der Waals surface area contributed by atoms with Gasteiger partial charge in [0.2, 0.25) is 11.8 Å². The maximum atomic E-state index is 5.93. The lowest BCUT2D eigenvalue weighted by molar-refractivity contribution is -0.00709. The highest BCUT2D eigenvalue weighted by Crippen LogP contribution is 2.22. The number of aromatic nitrogens is 2. The van der Waals surface area contributed by atoms with Crippen LogP contribution in [0.1, 0.15) is 32.6 Å². The summed E-state index contributed by atoms with van der Waals surface area (Å²) in [6, 6.07) is 7.42. The highest BCUT2D eigenvalue weighted by Gasteiger charge is 2.21. The average Bonchev–Trinajstić information content (AvgIpc) is 3.03. The molecular weight excluding hydrogens is 326 g/mol. The normalized spacial score (nSPS) is 16.8. The molecule has 1 fully saturated rings. The van der Waals surface area contributed by atoms with Gasteiger partial charge in [-0.25, -0.2) is 0 Å². The minimum atomic E-state index is 0.385. The monoisotopic (exact) mass is 349 g/mol. The van der Waals surface area contributed by atoms with Crippen molar-refractivity contribution in [2.75, 3.05) is 19.7 Å². The number of rotatable bonds is 6. The van der Waals surface area contributed by atoms with Crippen LogP contribution < -0.4 is 0 Å². The molecule has 0 N–H and O–H groups in total. The van der Waals surface area contributed by atoms with Crippen molar-refractivity contribution in [1.29, 1.82) is 0 Å². The number of hydrogen-bond acceptors (Lipinski definition) is 5. The zero-order valence-electron chi connectivity index (χ0n) is 14.2. The van der Waals surface area contributed by atoms with Crippen LogP contribution in [0.25, 0.3) is 11.5 Å². The summed E-state index contributed by atoms with van der Waals surface area (Å²) >= 11 is 5.90. The van der Waals surface area contributed by atoms with E-state index in [0.29, 0.717) is 35.4 Å². The second kappa shape index (κ2) is 8.10. The van der Waals surface area contributed by atoms with Gasteiger partial charge in [0, 0.05) is 30.3 Å². The lowest BCUT2D eigenvalue weighted by atomic mass is 10.1. The number of benzene rings is 1. The minimum absolute atomic E-state index is 0.385. The summed E-state index contributed by atoms with van der Waals surface area (Å²) in [7, 11) is 0. The predicted octanol–water partition coefficient (Wildman–Crippen LogP) is 4.03. The maximum absolute atomic E-state index is 5.93. The van der Waals surface area contributed by atoms with Gasteiger partial charge in [-0.2, -0.15) is 0 Å². The third-order valence-corrected chi connectivity index (χ3v) is 4.37. The molecule has 0 spiro atoms. The van der Waals surface area contributed by atoms with Crippen molar-refractivity contribution in [3.63, 3.8) is 0 Å². The van der Waals surface area contributed by atoms with E-state index in [9.17, 15) is 0 Å². The van der Waals surface area contributed by atoms with E-state index in [1.54, 1.807) is 0 Å². The SMILES string of the molecule is CC(C)COC1CCN(Cc2nnc(-c3ccc(Cl)cc3)o2)CC1. The lowest BCUT2D eigenvalue weighted by Crippen LogP contribution is -2.37. The van der Waals surface area contributed by atoms with E-state index in [1.807, 2.05) is 24.3 Å². The summed E-state index contributed by atoms with van der Waals surface area (Å²) in [4.78, 5) is 2.34. The minimum Gasteiger partial charge on any atom is -0.419 e. The molecule has 5 nitrogen and oxygen atoms in total. The Kier molecular flexibility index (Phi) is 5.87. The fourth-order valence-electron chi connectivity index (χ4n) is 2.78. The van der Waals surface area contributed by atoms with Gasteiger partial charge in [0.15, 0.2) is 0 Å². The standard InChI is InChI=1S/C18H24ClN3O2/c1-13(2)12-23-16-7-9-22(10-8-16)11-17-20-21-18(24-17)14-3-5-15(19)6-4-14/h3-6,13,16H,7-12H2,1-2H3. The Bertz CT molecular complexity index is 634. The van der Waals surface area contributed by atoms with Crippen LogP contribution in [0.3, 0.4) is 0 Å². The van der Waals surface area contributed by atoms with E-state index < -0.39 is 0 Å². The Morgan fingerprint density at radius 2 is 1.92 bits per heavy atom. The first-order valence-corrected chi connectivity index (χ1v) is 8.90. The first kappa shape index (κ1) is 17.4. The van der Waals surface area contributed by atoms with Gasteiger partial charge in [0.05, 0.1) is 12.6 Å². The molecule has 6 heteroatoms. The van der Waals surface area contributed by atoms with Gasteiger partial charge in [0.1, 0.15) is 0 Å². The molecule has 24 heavy (non-hydrogen) atoms. The number of likely N-dealkylation sites (tertiary alicyclic amines) is 1.